The van der Waals surface area contributed by atoms with Crippen molar-refractivity contribution in [2.45, 2.75) is 65.3 Å². The second-order valence-electron chi connectivity index (χ2n) is 4.58. The summed E-state index contributed by atoms with van der Waals surface area (Å²) in [5.41, 5.74) is 5.86. The Bertz CT molecular complexity index is 126. The van der Waals surface area contributed by atoms with Gasteiger partial charge in [0.15, 0.2) is 0 Å². The molecule has 0 saturated carbocycles. The molecule has 0 fully saturated rings. The molecule has 0 aromatic rings. The number of hydrogen-bond donors (Lipinski definition) is 2. The monoisotopic (exact) mass is 214 g/mol. The molecular formula is C13H30N2. The van der Waals surface area contributed by atoms with Crippen LogP contribution in [0.25, 0.3) is 0 Å². The first-order valence-electron chi connectivity index (χ1n) is 6.70. The highest BCUT2D eigenvalue weighted by atomic mass is 14.9. The summed E-state index contributed by atoms with van der Waals surface area (Å²) in [5, 5.41) is 3.53. The van der Waals surface area contributed by atoms with E-state index in [9.17, 15) is 0 Å². The van der Waals surface area contributed by atoms with Gasteiger partial charge in [-0.3, -0.25) is 0 Å². The third-order valence-corrected chi connectivity index (χ3v) is 3.19. The maximum absolute atomic E-state index is 5.86. The first-order valence-corrected chi connectivity index (χ1v) is 6.70. The van der Waals surface area contributed by atoms with Crippen molar-refractivity contribution in [2.75, 3.05) is 13.1 Å². The molecule has 0 aromatic heterocycles. The summed E-state index contributed by atoms with van der Waals surface area (Å²) in [4.78, 5) is 0. The Morgan fingerprint density at radius 2 is 1.80 bits per heavy atom. The molecule has 0 saturated heterocycles. The number of rotatable bonds is 10. The summed E-state index contributed by atoms with van der Waals surface area (Å²) in [5.74, 6) is 0.864. The molecule has 0 heterocycles. The van der Waals surface area contributed by atoms with Crippen LogP contribution in [-0.4, -0.2) is 19.1 Å². The minimum absolute atomic E-state index is 0.383. The topological polar surface area (TPSA) is 38.0 Å². The fraction of sp³-hybridized carbons (Fsp3) is 1.00. The van der Waals surface area contributed by atoms with Crippen LogP contribution in [0.4, 0.5) is 0 Å². The van der Waals surface area contributed by atoms with Crippen molar-refractivity contribution in [1.29, 1.82) is 0 Å². The molecular weight excluding hydrogens is 184 g/mol. The number of nitrogens with two attached hydrogens (primary N) is 1. The van der Waals surface area contributed by atoms with Gasteiger partial charge >= 0.3 is 0 Å². The molecule has 0 spiro atoms. The second kappa shape index (κ2) is 10.4. The molecule has 0 amide bonds. The summed E-state index contributed by atoms with van der Waals surface area (Å²) in [7, 11) is 0. The molecule has 2 unspecified atom stereocenters. The molecule has 2 nitrogen and oxygen atoms in total. The molecule has 0 aliphatic heterocycles. The highest BCUT2D eigenvalue weighted by Crippen LogP contribution is 2.11. The largest absolute Gasteiger partial charge is 0.328 e. The first-order chi connectivity index (χ1) is 7.24. The molecule has 0 aliphatic carbocycles. The summed E-state index contributed by atoms with van der Waals surface area (Å²) in [6.45, 7) is 8.96. The van der Waals surface area contributed by atoms with Gasteiger partial charge in [-0.1, -0.05) is 40.0 Å². The SMILES string of the molecule is CCCCC(CC)CNCCC(N)CC. The van der Waals surface area contributed by atoms with Crippen molar-refractivity contribution in [1.82, 2.24) is 5.32 Å². The number of unbranched alkanes of at least 4 members (excludes halogenated alkanes) is 1. The Balaban J connectivity index is 3.37. The van der Waals surface area contributed by atoms with Crippen molar-refractivity contribution in [3.8, 4) is 0 Å². The molecule has 92 valence electrons. The van der Waals surface area contributed by atoms with E-state index < -0.39 is 0 Å². The molecule has 2 atom stereocenters. The van der Waals surface area contributed by atoms with E-state index in [4.69, 9.17) is 5.73 Å². The van der Waals surface area contributed by atoms with Crippen LogP contribution in [0.2, 0.25) is 0 Å². The van der Waals surface area contributed by atoms with Crippen LogP contribution in [0.1, 0.15) is 59.3 Å². The van der Waals surface area contributed by atoms with Crippen LogP contribution in [0.15, 0.2) is 0 Å². The van der Waals surface area contributed by atoms with E-state index in [0.717, 1.165) is 25.3 Å². The predicted molar refractivity (Wildman–Crippen MR) is 69.1 cm³/mol. The second-order valence-corrected chi connectivity index (χ2v) is 4.58. The normalized spacial score (nSPS) is 15.2. The Hall–Kier alpha value is -0.0800. The van der Waals surface area contributed by atoms with Gasteiger partial charge < -0.3 is 11.1 Å². The smallest absolute Gasteiger partial charge is 0.00482 e. The highest BCUT2D eigenvalue weighted by Gasteiger charge is 2.05. The van der Waals surface area contributed by atoms with E-state index in [1.165, 1.54) is 32.2 Å². The van der Waals surface area contributed by atoms with E-state index in [0.29, 0.717) is 6.04 Å². The zero-order valence-corrected chi connectivity index (χ0v) is 10.9. The third-order valence-electron chi connectivity index (χ3n) is 3.19. The van der Waals surface area contributed by atoms with Crippen LogP contribution in [0.5, 0.6) is 0 Å². The molecule has 3 N–H and O–H groups in total. The Kier molecular flexibility index (Phi) is 10.4. The van der Waals surface area contributed by atoms with E-state index in [1.807, 2.05) is 0 Å². The van der Waals surface area contributed by atoms with Crippen LogP contribution in [0.3, 0.4) is 0 Å². The van der Waals surface area contributed by atoms with Crippen molar-refractivity contribution >= 4 is 0 Å². The number of nitrogens with one attached hydrogen (secondary N) is 1. The van der Waals surface area contributed by atoms with Crippen molar-refractivity contribution in [3.63, 3.8) is 0 Å². The van der Waals surface area contributed by atoms with Crippen LogP contribution in [0, 0.1) is 5.92 Å². The lowest BCUT2D eigenvalue weighted by Gasteiger charge is -2.16. The van der Waals surface area contributed by atoms with Crippen LogP contribution >= 0.6 is 0 Å². The van der Waals surface area contributed by atoms with E-state index in [1.54, 1.807) is 0 Å². The summed E-state index contributed by atoms with van der Waals surface area (Å²) in [6, 6.07) is 0.383. The van der Waals surface area contributed by atoms with Gasteiger partial charge in [-0.2, -0.15) is 0 Å². The van der Waals surface area contributed by atoms with Gasteiger partial charge in [0, 0.05) is 6.04 Å². The molecule has 2 heteroatoms. The van der Waals surface area contributed by atoms with Gasteiger partial charge in [0.25, 0.3) is 0 Å². The maximum Gasteiger partial charge on any atom is 0.00482 e. The summed E-state index contributed by atoms with van der Waals surface area (Å²) < 4.78 is 0. The zero-order valence-electron chi connectivity index (χ0n) is 10.9. The minimum Gasteiger partial charge on any atom is -0.328 e. The number of hydrogen-bond acceptors (Lipinski definition) is 2. The lowest BCUT2D eigenvalue weighted by Crippen LogP contribution is -2.29. The van der Waals surface area contributed by atoms with Crippen molar-refractivity contribution in [3.05, 3.63) is 0 Å². The van der Waals surface area contributed by atoms with Gasteiger partial charge in [-0.25, -0.2) is 0 Å². The quantitative estimate of drug-likeness (QED) is 0.549. The van der Waals surface area contributed by atoms with E-state index in [-0.39, 0.29) is 0 Å². The Labute approximate surface area is 96.0 Å². The lowest BCUT2D eigenvalue weighted by atomic mass is 9.99. The average molecular weight is 214 g/mol. The Morgan fingerprint density at radius 1 is 1.07 bits per heavy atom. The molecule has 0 aromatic carbocycles. The molecule has 0 radical (unpaired) electrons. The van der Waals surface area contributed by atoms with Crippen LogP contribution < -0.4 is 11.1 Å². The van der Waals surface area contributed by atoms with Gasteiger partial charge in [0.1, 0.15) is 0 Å². The van der Waals surface area contributed by atoms with Gasteiger partial charge in [0.2, 0.25) is 0 Å². The summed E-state index contributed by atoms with van der Waals surface area (Å²) >= 11 is 0. The fourth-order valence-corrected chi connectivity index (χ4v) is 1.74. The third kappa shape index (κ3) is 8.88. The first kappa shape index (κ1) is 14.9. The fourth-order valence-electron chi connectivity index (χ4n) is 1.74. The summed E-state index contributed by atoms with van der Waals surface area (Å²) in [6.07, 6.45) is 7.56. The highest BCUT2D eigenvalue weighted by molar-refractivity contribution is 4.64. The maximum atomic E-state index is 5.86. The predicted octanol–water partition coefficient (Wildman–Crippen LogP) is 2.92. The lowest BCUT2D eigenvalue weighted by molar-refractivity contribution is 0.412. The van der Waals surface area contributed by atoms with Crippen molar-refractivity contribution in [2.24, 2.45) is 11.7 Å². The van der Waals surface area contributed by atoms with Gasteiger partial charge in [-0.15, -0.1) is 0 Å². The van der Waals surface area contributed by atoms with E-state index >= 15 is 0 Å². The van der Waals surface area contributed by atoms with Gasteiger partial charge in [-0.05, 0) is 38.3 Å². The van der Waals surface area contributed by atoms with E-state index in [2.05, 4.69) is 26.1 Å². The Morgan fingerprint density at radius 3 is 2.33 bits per heavy atom. The standard InChI is InChI=1S/C13H30N2/c1-4-7-8-12(5-2)11-15-10-9-13(14)6-3/h12-13,15H,4-11,14H2,1-3H3. The average Bonchev–Trinajstić information content (AvgIpc) is 2.27. The van der Waals surface area contributed by atoms with Gasteiger partial charge in [0.05, 0.1) is 0 Å². The zero-order chi connectivity index (χ0) is 11.5. The molecule has 0 bridgehead atoms. The molecule has 15 heavy (non-hydrogen) atoms. The molecule has 0 aliphatic rings. The molecule has 0 rings (SSSR count). The minimum atomic E-state index is 0.383. The van der Waals surface area contributed by atoms with Crippen LogP contribution in [-0.2, 0) is 0 Å². The van der Waals surface area contributed by atoms with Crippen molar-refractivity contribution < 1.29 is 0 Å².